The molecule has 126 valence electrons. The van der Waals surface area contributed by atoms with Crippen molar-refractivity contribution in [1.29, 1.82) is 0 Å². The van der Waals surface area contributed by atoms with Gasteiger partial charge in [0.1, 0.15) is 5.82 Å². The number of H-pyrrole nitrogens is 1. The number of rotatable bonds is 5. The number of aromatic nitrogens is 2. The largest absolute Gasteiger partial charge is 0.351 e. The first-order valence-electron chi connectivity index (χ1n) is 7.92. The number of carbonyl (C=O) groups is 1. The summed E-state index contributed by atoms with van der Waals surface area (Å²) in [5.74, 6) is -0.0266. The predicted octanol–water partition coefficient (Wildman–Crippen LogP) is 2.31. The lowest BCUT2D eigenvalue weighted by Crippen LogP contribution is -2.26. The highest BCUT2D eigenvalue weighted by Gasteiger charge is 2.15. The fourth-order valence-electron chi connectivity index (χ4n) is 2.66. The normalized spacial score (nSPS) is 13.4. The maximum atomic E-state index is 12.8. The zero-order chi connectivity index (χ0) is 16.9. The second kappa shape index (κ2) is 7.61. The molecular formula is C17H18FN3O2S. The molecule has 0 saturated carbocycles. The van der Waals surface area contributed by atoms with E-state index in [0.29, 0.717) is 23.0 Å². The van der Waals surface area contributed by atoms with E-state index in [1.807, 2.05) is 0 Å². The Balaban J connectivity index is 1.51. The highest BCUT2D eigenvalue weighted by molar-refractivity contribution is 7.99. The quantitative estimate of drug-likeness (QED) is 0.494. The fraction of sp³-hybridized carbons (Fsp3) is 0.353. The maximum absolute atomic E-state index is 12.8. The number of halogens is 1. The third-order valence-electron chi connectivity index (χ3n) is 3.90. The van der Waals surface area contributed by atoms with Crippen LogP contribution in [0.5, 0.6) is 0 Å². The van der Waals surface area contributed by atoms with Crippen LogP contribution in [0.1, 0.15) is 34.5 Å². The number of benzene rings is 1. The van der Waals surface area contributed by atoms with Crippen LogP contribution >= 0.6 is 11.8 Å². The van der Waals surface area contributed by atoms with Crippen molar-refractivity contribution >= 4 is 17.7 Å². The van der Waals surface area contributed by atoms with E-state index < -0.39 is 0 Å². The van der Waals surface area contributed by atoms with Crippen molar-refractivity contribution in [2.45, 2.75) is 30.8 Å². The average molecular weight is 347 g/mol. The molecule has 3 rings (SSSR count). The molecular weight excluding hydrogens is 329 g/mol. The van der Waals surface area contributed by atoms with Gasteiger partial charge in [-0.25, -0.2) is 9.37 Å². The number of aryl methyl sites for hydroxylation is 1. The smallest absolute Gasteiger partial charge is 0.254 e. The topological polar surface area (TPSA) is 74.8 Å². The number of nitrogens with zero attached hydrogens (tertiary/aromatic N) is 1. The van der Waals surface area contributed by atoms with E-state index in [1.165, 1.54) is 36.0 Å². The van der Waals surface area contributed by atoms with Gasteiger partial charge < -0.3 is 10.3 Å². The molecule has 24 heavy (non-hydrogen) atoms. The summed E-state index contributed by atoms with van der Waals surface area (Å²) >= 11 is 1.41. The molecule has 1 aliphatic rings. The number of carbonyl (C=O) groups excluding carboxylic acids is 1. The van der Waals surface area contributed by atoms with Crippen molar-refractivity contribution in [2.24, 2.45) is 0 Å². The van der Waals surface area contributed by atoms with Gasteiger partial charge in [-0.05, 0) is 49.9 Å². The first-order chi connectivity index (χ1) is 11.6. The Morgan fingerprint density at radius 3 is 2.79 bits per heavy atom. The molecule has 2 aromatic rings. The summed E-state index contributed by atoms with van der Waals surface area (Å²) in [6.45, 7) is 0.432. The van der Waals surface area contributed by atoms with Crippen molar-refractivity contribution in [1.82, 2.24) is 15.3 Å². The summed E-state index contributed by atoms with van der Waals surface area (Å²) in [4.78, 5) is 31.2. The zero-order valence-electron chi connectivity index (χ0n) is 13.1. The highest BCUT2D eigenvalue weighted by atomic mass is 32.2. The average Bonchev–Trinajstić information content (AvgIpc) is 2.59. The van der Waals surface area contributed by atoms with E-state index in [2.05, 4.69) is 15.3 Å². The van der Waals surface area contributed by atoms with Gasteiger partial charge in [0.05, 0.1) is 5.69 Å². The Kier molecular flexibility index (Phi) is 5.30. The van der Waals surface area contributed by atoms with Crippen LogP contribution in [0.15, 0.2) is 34.2 Å². The van der Waals surface area contributed by atoms with Crippen molar-refractivity contribution < 1.29 is 9.18 Å². The molecule has 2 N–H and O–H groups in total. The molecule has 0 aliphatic heterocycles. The van der Waals surface area contributed by atoms with E-state index >= 15 is 0 Å². The summed E-state index contributed by atoms with van der Waals surface area (Å²) in [6, 6.07) is 5.40. The molecule has 0 fully saturated rings. The number of hydrogen-bond donors (Lipinski definition) is 2. The van der Waals surface area contributed by atoms with E-state index in [0.717, 1.165) is 36.9 Å². The third-order valence-corrected chi connectivity index (χ3v) is 4.78. The van der Waals surface area contributed by atoms with Crippen LogP contribution in [-0.2, 0) is 12.8 Å². The second-order valence-electron chi connectivity index (χ2n) is 5.61. The van der Waals surface area contributed by atoms with E-state index in [4.69, 9.17) is 0 Å². The van der Waals surface area contributed by atoms with Gasteiger partial charge in [-0.3, -0.25) is 9.59 Å². The van der Waals surface area contributed by atoms with Crippen LogP contribution in [0.25, 0.3) is 0 Å². The Labute approximate surface area is 143 Å². The van der Waals surface area contributed by atoms with Crippen LogP contribution in [0.3, 0.4) is 0 Å². The maximum Gasteiger partial charge on any atom is 0.254 e. The van der Waals surface area contributed by atoms with E-state index in [-0.39, 0.29) is 17.3 Å². The molecule has 0 spiro atoms. The minimum atomic E-state index is -0.371. The lowest BCUT2D eigenvalue weighted by Gasteiger charge is -2.14. The standard InChI is InChI=1S/C17H18FN3O2S/c18-12-7-5-11(6-8-12)15(22)19-9-10-24-17-20-14-4-2-1-3-13(14)16(23)21-17/h5-8H,1-4,9-10H2,(H,19,22)(H,20,21,23). The molecule has 1 aliphatic carbocycles. The summed E-state index contributed by atoms with van der Waals surface area (Å²) < 4.78 is 12.8. The van der Waals surface area contributed by atoms with E-state index in [1.54, 1.807) is 0 Å². The van der Waals surface area contributed by atoms with Gasteiger partial charge in [-0.1, -0.05) is 11.8 Å². The third kappa shape index (κ3) is 4.03. The first kappa shape index (κ1) is 16.7. The van der Waals surface area contributed by atoms with Crippen molar-refractivity contribution in [3.05, 3.63) is 57.3 Å². The Bertz CT molecular complexity index is 789. The minimum absolute atomic E-state index is 0.0439. The lowest BCUT2D eigenvalue weighted by molar-refractivity contribution is 0.0956. The zero-order valence-corrected chi connectivity index (χ0v) is 13.9. The summed E-state index contributed by atoms with van der Waals surface area (Å²) in [6.07, 6.45) is 3.77. The Morgan fingerprint density at radius 2 is 2.00 bits per heavy atom. The first-order valence-corrected chi connectivity index (χ1v) is 8.90. The number of hydrogen-bond acceptors (Lipinski definition) is 4. The molecule has 7 heteroatoms. The van der Waals surface area contributed by atoms with E-state index in [9.17, 15) is 14.0 Å². The molecule has 1 heterocycles. The number of amides is 1. The van der Waals surface area contributed by atoms with Gasteiger partial charge in [-0.15, -0.1) is 0 Å². The molecule has 1 aromatic carbocycles. The number of thioether (sulfide) groups is 1. The Morgan fingerprint density at radius 1 is 1.25 bits per heavy atom. The fourth-order valence-corrected chi connectivity index (χ4v) is 3.40. The van der Waals surface area contributed by atoms with Crippen LogP contribution in [0.2, 0.25) is 0 Å². The second-order valence-corrected chi connectivity index (χ2v) is 6.70. The molecule has 0 bridgehead atoms. The lowest BCUT2D eigenvalue weighted by atomic mass is 9.97. The number of nitrogens with one attached hydrogen (secondary N) is 2. The monoisotopic (exact) mass is 347 g/mol. The predicted molar refractivity (Wildman–Crippen MR) is 91.0 cm³/mol. The molecule has 0 atom stereocenters. The van der Waals surface area contributed by atoms with Gasteiger partial charge in [0.2, 0.25) is 0 Å². The number of fused-ring (bicyclic) bond motifs is 1. The molecule has 5 nitrogen and oxygen atoms in total. The summed E-state index contributed by atoms with van der Waals surface area (Å²) in [7, 11) is 0. The Hall–Kier alpha value is -2.15. The minimum Gasteiger partial charge on any atom is -0.351 e. The van der Waals surface area contributed by atoms with Crippen LogP contribution < -0.4 is 10.9 Å². The number of aromatic amines is 1. The van der Waals surface area contributed by atoms with Crippen LogP contribution in [-0.4, -0.2) is 28.2 Å². The van der Waals surface area contributed by atoms with Gasteiger partial charge in [0.15, 0.2) is 5.16 Å². The molecule has 1 amide bonds. The van der Waals surface area contributed by atoms with Gasteiger partial charge in [-0.2, -0.15) is 0 Å². The van der Waals surface area contributed by atoms with Crippen LogP contribution in [0, 0.1) is 5.82 Å². The summed E-state index contributed by atoms with van der Waals surface area (Å²) in [5, 5.41) is 3.36. The molecule has 0 unspecified atom stereocenters. The van der Waals surface area contributed by atoms with Crippen molar-refractivity contribution in [3.8, 4) is 0 Å². The van der Waals surface area contributed by atoms with Gasteiger partial charge in [0.25, 0.3) is 11.5 Å². The molecule has 0 saturated heterocycles. The van der Waals surface area contributed by atoms with Crippen molar-refractivity contribution in [3.63, 3.8) is 0 Å². The van der Waals surface area contributed by atoms with Crippen LogP contribution in [0.4, 0.5) is 4.39 Å². The van der Waals surface area contributed by atoms with Gasteiger partial charge in [0, 0.05) is 23.4 Å². The van der Waals surface area contributed by atoms with Gasteiger partial charge >= 0.3 is 0 Å². The summed E-state index contributed by atoms with van der Waals surface area (Å²) in [5.41, 5.74) is 2.09. The SMILES string of the molecule is O=C(NCCSc1nc2c(c(=O)[nH]1)CCCC2)c1ccc(F)cc1. The molecule has 0 radical (unpaired) electrons. The molecule has 1 aromatic heterocycles. The highest BCUT2D eigenvalue weighted by Crippen LogP contribution is 2.19. The van der Waals surface area contributed by atoms with Crippen molar-refractivity contribution in [2.75, 3.05) is 12.3 Å².